The van der Waals surface area contributed by atoms with Crippen LogP contribution in [-0.2, 0) is 0 Å². The molecule has 60 valence electrons. The van der Waals surface area contributed by atoms with E-state index in [1.54, 1.807) is 0 Å². The van der Waals surface area contributed by atoms with Gasteiger partial charge >= 0.3 is 0 Å². The summed E-state index contributed by atoms with van der Waals surface area (Å²) < 4.78 is 0. The minimum Gasteiger partial charge on any atom is -0.0879 e. The summed E-state index contributed by atoms with van der Waals surface area (Å²) in [6, 6.07) is 0. The highest BCUT2D eigenvalue weighted by molar-refractivity contribution is 9.10. The molecule has 0 heterocycles. The van der Waals surface area contributed by atoms with E-state index in [9.17, 15) is 0 Å². The Balaban J connectivity index is 2.65. The van der Waals surface area contributed by atoms with Crippen LogP contribution in [0.1, 0.15) is 45.4 Å². The van der Waals surface area contributed by atoms with E-state index in [-0.39, 0.29) is 0 Å². The van der Waals surface area contributed by atoms with Crippen LogP contribution >= 0.6 is 15.9 Å². The molecule has 1 heteroatoms. The average Bonchev–Trinajstić information content (AvgIpc) is 1.97. The molecular formula is C9H17Br. The van der Waals surface area contributed by atoms with Crippen LogP contribution < -0.4 is 0 Å². The van der Waals surface area contributed by atoms with Gasteiger partial charge in [0.15, 0.2) is 0 Å². The Bertz CT molecular complexity index is 44.7. The third-order valence-corrected chi connectivity index (χ3v) is 1.97. The van der Waals surface area contributed by atoms with Gasteiger partial charge in [-0.2, -0.15) is 0 Å². The van der Waals surface area contributed by atoms with Crippen LogP contribution in [-0.4, -0.2) is 0 Å². The molecule has 0 spiro atoms. The molecule has 0 rings (SSSR count). The molecule has 10 heavy (non-hydrogen) atoms. The quantitative estimate of drug-likeness (QED) is 0.548. The smallest absolute Gasteiger partial charge is 0.0271 e. The predicted molar refractivity (Wildman–Crippen MR) is 50.9 cm³/mol. The Morgan fingerprint density at radius 2 is 1.80 bits per heavy atom. The molecule has 0 saturated heterocycles. The fraction of sp³-hybridized carbons (Fsp3) is 0.778. The van der Waals surface area contributed by atoms with Crippen LogP contribution in [0.5, 0.6) is 0 Å². The molecule has 0 amide bonds. The number of rotatable bonds is 7. The third-order valence-electron chi connectivity index (χ3n) is 1.51. The first-order valence-corrected chi connectivity index (χ1v) is 5.07. The SMILES string of the molecule is CC[CH]CCCCC[CH]Br. The first-order chi connectivity index (χ1) is 4.91. The second kappa shape index (κ2) is 9.48. The highest BCUT2D eigenvalue weighted by atomic mass is 79.9. The summed E-state index contributed by atoms with van der Waals surface area (Å²) >= 11 is 3.30. The van der Waals surface area contributed by atoms with Gasteiger partial charge in [-0.1, -0.05) is 55.0 Å². The van der Waals surface area contributed by atoms with Crippen LogP contribution in [0.2, 0.25) is 0 Å². The molecule has 0 saturated carbocycles. The van der Waals surface area contributed by atoms with Crippen molar-refractivity contribution in [3.63, 3.8) is 0 Å². The van der Waals surface area contributed by atoms with Crippen LogP contribution in [0.25, 0.3) is 0 Å². The van der Waals surface area contributed by atoms with Gasteiger partial charge < -0.3 is 0 Å². The Kier molecular flexibility index (Phi) is 9.94. The summed E-state index contributed by atoms with van der Waals surface area (Å²) in [7, 11) is 0. The van der Waals surface area contributed by atoms with Gasteiger partial charge in [0.25, 0.3) is 0 Å². The van der Waals surface area contributed by atoms with Crippen molar-refractivity contribution in [3.8, 4) is 0 Å². The fourth-order valence-corrected chi connectivity index (χ4v) is 1.21. The second-order valence-electron chi connectivity index (χ2n) is 2.49. The van der Waals surface area contributed by atoms with E-state index in [4.69, 9.17) is 0 Å². The van der Waals surface area contributed by atoms with Gasteiger partial charge in [-0.3, -0.25) is 0 Å². The molecule has 0 atom stereocenters. The average molecular weight is 205 g/mol. The zero-order valence-electron chi connectivity index (χ0n) is 6.78. The van der Waals surface area contributed by atoms with Gasteiger partial charge in [-0.25, -0.2) is 0 Å². The van der Waals surface area contributed by atoms with Crippen molar-refractivity contribution < 1.29 is 0 Å². The zero-order chi connectivity index (χ0) is 7.66. The lowest BCUT2D eigenvalue weighted by molar-refractivity contribution is 0.670. The summed E-state index contributed by atoms with van der Waals surface area (Å²) in [4.78, 5) is 0. The molecular weight excluding hydrogens is 188 g/mol. The maximum Gasteiger partial charge on any atom is 0.0271 e. The molecule has 0 aliphatic rings. The van der Waals surface area contributed by atoms with Crippen molar-refractivity contribution in [2.24, 2.45) is 0 Å². The Hall–Kier alpha value is 0.480. The lowest BCUT2D eigenvalue weighted by Gasteiger charge is -1.96. The number of hydrogen-bond donors (Lipinski definition) is 0. The van der Waals surface area contributed by atoms with Crippen LogP contribution in [0, 0.1) is 11.8 Å². The van der Waals surface area contributed by atoms with Crippen molar-refractivity contribution in [3.05, 3.63) is 11.8 Å². The summed E-state index contributed by atoms with van der Waals surface area (Å²) in [6.45, 7) is 2.20. The molecule has 0 bridgehead atoms. The molecule has 0 unspecified atom stereocenters. The van der Waals surface area contributed by atoms with E-state index < -0.39 is 0 Å². The molecule has 0 aromatic rings. The molecule has 0 nitrogen and oxygen atoms in total. The van der Waals surface area contributed by atoms with Gasteiger partial charge in [0.05, 0.1) is 0 Å². The van der Waals surface area contributed by atoms with Gasteiger partial charge in [0, 0.05) is 5.33 Å². The van der Waals surface area contributed by atoms with Gasteiger partial charge in [-0.15, -0.1) is 0 Å². The molecule has 0 aromatic heterocycles. The summed E-state index contributed by atoms with van der Waals surface area (Å²) in [5, 5.41) is 2.07. The Morgan fingerprint density at radius 1 is 1.10 bits per heavy atom. The molecule has 0 fully saturated rings. The monoisotopic (exact) mass is 204 g/mol. The van der Waals surface area contributed by atoms with E-state index in [1.165, 1.54) is 38.5 Å². The van der Waals surface area contributed by atoms with E-state index in [2.05, 4.69) is 34.6 Å². The van der Waals surface area contributed by atoms with Crippen molar-refractivity contribution in [1.29, 1.82) is 0 Å². The van der Waals surface area contributed by atoms with E-state index in [1.807, 2.05) is 0 Å². The minimum atomic E-state index is 1.21. The summed E-state index contributed by atoms with van der Waals surface area (Å²) in [5.74, 6) is 0. The van der Waals surface area contributed by atoms with Crippen molar-refractivity contribution >= 4 is 15.9 Å². The zero-order valence-corrected chi connectivity index (χ0v) is 8.36. The largest absolute Gasteiger partial charge is 0.0879 e. The predicted octanol–water partition coefficient (Wildman–Crippen LogP) is 4.11. The molecule has 0 aliphatic heterocycles. The molecule has 0 N–H and O–H groups in total. The highest BCUT2D eigenvalue weighted by Gasteiger charge is 1.88. The third kappa shape index (κ3) is 8.48. The van der Waals surface area contributed by atoms with Crippen molar-refractivity contribution in [1.82, 2.24) is 0 Å². The molecule has 2 radical (unpaired) electrons. The maximum absolute atomic E-state index is 3.30. The normalized spacial score (nSPS) is 10.2. The van der Waals surface area contributed by atoms with Crippen molar-refractivity contribution in [2.45, 2.75) is 45.4 Å². The molecule has 0 aromatic carbocycles. The number of hydrogen-bond acceptors (Lipinski definition) is 0. The Morgan fingerprint density at radius 3 is 2.40 bits per heavy atom. The second-order valence-corrected chi connectivity index (χ2v) is 3.14. The molecule has 0 aliphatic carbocycles. The lowest BCUT2D eigenvalue weighted by atomic mass is 10.1. The van der Waals surface area contributed by atoms with Crippen LogP contribution in [0.15, 0.2) is 0 Å². The topological polar surface area (TPSA) is 0 Å². The van der Waals surface area contributed by atoms with Crippen LogP contribution in [0.3, 0.4) is 0 Å². The number of halogens is 1. The van der Waals surface area contributed by atoms with E-state index in [0.717, 1.165) is 0 Å². The Labute approximate surface area is 73.5 Å². The van der Waals surface area contributed by atoms with E-state index >= 15 is 0 Å². The summed E-state index contributed by atoms with van der Waals surface area (Å²) in [6.07, 6.45) is 10.2. The lowest BCUT2D eigenvalue weighted by Crippen LogP contribution is -1.78. The van der Waals surface area contributed by atoms with Crippen LogP contribution in [0.4, 0.5) is 0 Å². The van der Waals surface area contributed by atoms with Gasteiger partial charge in [-0.05, 0) is 12.8 Å². The summed E-state index contributed by atoms with van der Waals surface area (Å²) in [5.41, 5.74) is 0. The van der Waals surface area contributed by atoms with Crippen molar-refractivity contribution in [2.75, 3.05) is 0 Å². The van der Waals surface area contributed by atoms with Gasteiger partial charge in [0.2, 0.25) is 0 Å². The maximum atomic E-state index is 3.30. The first kappa shape index (κ1) is 10.5. The first-order valence-electron chi connectivity index (χ1n) is 4.15. The van der Waals surface area contributed by atoms with Gasteiger partial charge in [0.1, 0.15) is 0 Å². The minimum absolute atomic E-state index is 1.21. The fourth-order valence-electron chi connectivity index (χ4n) is 0.891. The number of unbranched alkanes of at least 4 members (excludes halogenated alkanes) is 6. The van der Waals surface area contributed by atoms with E-state index in [0.29, 0.717) is 0 Å². The standard InChI is InChI=1S/C9H17Br/c1-2-3-4-5-6-7-8-9-10/h3,9H,2,4-8H2,1H3. The highest BCUT2D eigenvalue weighted by Crippen LogP contribution is 2.08.